The molecule has 0 bridgehead atoms. The fourth-order valence-electron chi connectivity index (χ4n) is 1.81. The van der Waals surface area contributed by atoms with Crippen LogP contribution in [0.5, 0.6) is 5.75 Å². The number of fused-ring (bicyclic) bond motifs is 1. The van der Waals surface area contributed by atoms with Crippen molar-refractivity contribution in [3.63, 3.8) is 0 Å². The van der Waals surface area contributed by atoms with Crippen LogP contribution in [0.4, 0.5) is 0 Å². The summed E-state index contributed by atoms with van der Waals surface area (Å²) in [5.74, 6) is -0.0247. The Morgan fingerprint density at radius 2 is 2.33 bits per heavy atom. The van der Waals surface area contributed by atoms with Crippen molar-refractivity contribution in [3.05, 3.63) is 23.3 Å². The maximum Gasteiger partial charge on any atom is 0.336 e. The summed E-state index contributed by atoms with van der Waals surface area (Å²) in [6.07, 6.45) is 3.77. The summed E-state index contributed by atoms with van der Waals surface area (Å²) in [5.41, 5.74) is 1.43. The molecule has 1 aromatic carbocycles. The van der Waals surface area contributed by atoms with Gasteiger partial charge in [-0.05, 0) is 31.2 Å². The first-order chi connectivity index (χ1) is 7.24. The fourth-order valence-corrected chi connectivity index (χ4v) is 2.64. The van der Waals surface area contributed by atoms with E-state index in [0.717, 1.165) is 35.7 Å². The predicted octanol–water partition coefficient (Wildman–Crippen LogP) is 2.43. The molecule has 1 N–H and O–H groups in total. The van der Waals surface area contributed by atoms with Crippen molar-refractivity contribution in [2.75, 3.05) is 12.9 Å². The lowest BCUT2D eigenvalue weighted by atomic mass is 10.0. The second-order valence-electron chi connectivity index (χ2n) is 3.38. The van der Waals surface area contributed by atoms with E-state index in [2.05, 4.69) is 0 Å². The van der Waals surface area contributed by atoms with Crippen molar-refractivity contribution in [2.24, 2.45) is 0 Å². The average Bonchev–Trinajstić information content (AvgIpc) is 2.27. The number of carbonyl (C=O) groups is 1. The number of carboxylic acid groups (broad SMARTS) is 1. The molecular formula is C11H12O3S. The Morgan fingerprint density at radius 3 is 3.00 bits per heavy atom. The minimum atomic E-state index is -0.868. The van der Waals surface area contributed by atoms with Crippen LogP contribution in [0.3, 0.4) is 0 Å². The molecule has 1 aliphatic heterocycles. The largest absolute Gasteiger partial charge is 0.493 e. The summed E-state index contributed by atoms with van der Waals surface area (Å²) in [5, 5.41) is 9.04. The number of rotatable bonds is 2. The number of hydrogen-bond acceptors (Lipinski definition) is 3. The number of thioether (sulfide) groups is 1. The van der Waals surface area contributed by atoms with Gasteiger partial charge in [0.05, 0.1) is 12.2 Å². The highest BCUT2D eigenvalue weighted by molar-refractivity contribution is 7.98. The van der Waals surface area contributed by atoms with Gasteiger partial charge in [0.2, 0.25) is 0 Å². The Morgan fingerprint density at radius 1 is 1.53 bits per heavy atom. The van der Waals surface area contributed by atoms with E-state index in [1.807, 2.05) is 6.26 Å². The Bertz CT molecular complexity index is 401. The smallest absolute Gasteiger partial charge is 0.336 e. The van der Waals surface area contributed by atoms with Gasteiger partial charge in [-0.15, -0.1) is 11.8 Å². The number of ether oxygens (including phenoxy) is 1. The molecule has 1 heterocycles. The van der Waals surface area contributed by atoms with Crippen LogP contribution in [-0.4, -0.2) is 23.9 Å². The van der Waals surface area contributed by atoms with Crippen molar-refractivity contribution in [1.82, 2.24) is 0 Å². The molecule has 0 spiro atoms. The van der Waals surface area contributed by atoms with Crippen LogP contribution in [0.1, 0.15) is 22.3 Å². The van der Waals surface area contributed by atoms with Gasteiger partial charge in [-0.3, -0.25) is 0 Å². The molecule has 0 saturated heterocycles. The summed E-state index contributed by atoms with van der Waals surface area (Å²) >= 11 is 1.48. The molecule has 0 atom stereocenters. The van der Waals surface area contributed by atoms with Gasteiger partial charge < -0.3 is 9.84 Å². The van der Waals surface area contributed by atoms with Crippen molar-refractivity contribution in [1.29, 1.82) is 0 Å². The number of carboxylic acids is 1. The molecule has 0 aliphatic carbocycles. The Labute approximate surface area is 92.4 Å². The van der Waals surface area contributed by atoms with E-state index in [1.54, 1.807) is 12.1 Å². The molecule has 2 rings (SSSR count). The van der Waals surface area contributed by atoms with Crippen LogP contribution in [0, 0.1) is 0 Å². The molecule has 15 heavy (non-hydrogen) atoms. The Balaban J connectivity index is 2.56. The third-order valence-corrected chi connectivity index (χ3v) is 3.36. The molecule has 1 aromatic rings. The monoisotopic (exact) mass is 224 g/mol. The standard InChI is InChI=1S/C11H12O3S/c1-15-10-7-3-2-6-14-9(7)5-4-8(10)11(12)13/h4-5H,2-3,6H2,1H3,(H,12,13). The zero-order chi connectivity index (χ0) is 10.8. The molecule has 0 amide bonds. The first-order valence-electron chi connectivity index (χ1n) is 4.80. The first kappa shape index (κ1) is 10.4. The van der Waals surface area contributed by atoms with Crippen molar-refractivity contribution in [2.45, 2.75) is 17.7 Å². The molecule has 80 valence electrons. The maximum atomic E-state index is 11.0. The normalized spacial score (nSPS) is 14.2. The lowest BCUT2D eigenvalue weighted by Gasteiger charge is -2.20. The van der Waals surface area contributed by atoms with E-state index in [4.69, 9.17) is 9.84 Å². The Kier molecular flexibility index (Phi) is 2.86. The summed E-state index contributed by atoms with van der Waals surface area (Å²) in [7, 11) is 0. The van der Waals surface area contributed by atoms with Gasteiger partial charge in [-0.2, -0.15) is 0 Å². The van der Waals surface area contributed by atoms with Crippen LogP contribution >= 0.6 is 11.8 Å². The van der Waals surface area contributed by atoms with Crippen LogP contribution in [0.15, 0.2) is 17.0 Å². The molecule has 3 nitrogen and oxygen atoms in total. The highest BCUT2D eigenvalue weighted by atomic mass is 32.2. The molecule has 1 aliphatic rings. The quantitative estimate of drug-likeness (QED) is 0.784. The molecule has 0 radical (unpaired) electrons. The van der Waals surface area contributed by atoms with Crippen LogP contribution in [0.2, 0.25) is 0 Å². The molecule has 0 unspecified atom stereocenters. The first-order valence-corrected chi connectivity index (χ1v) is 6.02. The highest BCUT2D eigenvalue weighted by Crippen LogP contribution is 2.35. The van der Waals surface area contributed by atoms with Crippen LogP contribution in [0.25, 0.3) is 0 Å². The number of hydrogen-bond donors (Lipinski definition) is 1. The molecule has 0 fully saturated rings. The molecular weight excluding hydrogens is 212 g/mol. The summed E-state index contributed by atoms with van der Waals surface area (Å²) in [6.45, 7) is 0.729. The van der Waals surface area contributed by atoms with E-state index in [9.17, 15) is 4.79 Å². The van der Waals surface area contributed by atoms with Gasteiger partial charge >= 0.3 is 5.97 Å². The maximum absolute atomic E-state index is 11.0. The predicted molar refractivity (Wildman–Crippen MR) is 59.0 cm³/mol. The van der Waals surface area contributed by atoms with Crippen LogP contribution < -0.4 is 4.74 Å². The summed E-state index contributed by atoms with van der Waals surface area (Å²) in [4.78, 5) is 11.9. The zero-order valence-corrected chi connectivity index (χ0v) is 9.26. The third kappa shape index (κ3) is 1.81. The lowest BCUT2D eigenvalue weighted by molar-refractivity contribution is 0.0692. The zero-order valence-electron chi connectivity index (χ0n) is 8.45. The SMILES string of the molecule is CSc1c(C(=O)O)ccc2c1CCCO2. The third-order valence-electron chi connectivity index (χ3n) is 2.48. The highest BCUT2D eigenvalue weighted by Gasteiger charge is 2.19. The van der Waals surface area contributed by atoms with Gasteiger partial charge in [0, 0.05) is 10.5 Å². The topological polar surface area (TPSA) is 46.5 Å². The van der Waals surface area contributed by atoms with E-state index >= 15 is 0 Å². The van der Waals surface area contributed by atoms with Gasteiger partial charge in [0.1, 0.15) is 5.75 Å². The van der Waals surface area contributed by atoms with Gasteiger partial charge in [0.15, 0.2) is 0 Å². The summed E-state index contributed by atoms with van der Waals surface area (Å²) < 4.78 is 5.49. The lowest BCUT2D eigenvalue weighted by Crippen LogP contribution is -2.11. The molecule has 0 aromatic heterocycles. The minimum absolute atomic E-state index is 0.381. The van der Waals surface area contributed by atoms with E-state index in [-0.39, 0.29) is 0 Å². The second-order valence-corrected chi connectivity index (χ2v) is 4.20. The van der Waals surface area contributed by atoms with Gasteiger partial charge in [-0.25, -0.2) is 4.79 Å². The second kappa shape index (κ2) is 4.14. The van der Waals surface area contributed by atoms with E-state index in [1.165, 1.54) is 11.8 Å². The number of benzene rings is 1. The van der Waals surface area contributed by atoms with E-state index in [0.29, 0.717) is 5.56 Å². The Hall–Kier alpha value is -1.16. The molecule has 4 heteroatoms. The van der Waals surface area contributed by atoms with Crippen molar-refractivity contribution in [3.8, 4) is 5.75 Å². The van der Waals surface area contributed by atoms with Crippen molar-refractivity contribution >= 4 is 17.7 Å². The van der Waals surface area contributed by atoms with Gasteiger partial charge in [-0.1, -0.05) is 0 Å². The fraction of sp³-hybridized carbons (Fsp3) is 0.364. The average molecular weight is 224 g/mol. The minimum Gasteiger partial charge on any atom is -0.493 e. The van der Waals surface area contributed by atoms with E-state index < -0.39 is 5.97 Å². The van der Waals surface area contributed by atoms with Crippen LogP contribution in [-0.2, 0) is 6.42 Å². The number of aromatic carboxylic acids is 1. The summed E-state index contributed by atoms with van der Waals surface area (Å²) in [6, 6.07) is 3.38. The van der Waals surface area contributed by atoms with Crippen molar-refractivity contribution < 1.29 is 14.6 Å². The molecule has 0 saturated carbocycles. The van der Waals surface area contributed by atoms with Gasteiger partial charge in [0.25, 0.3) is 0 Å².